The maximum absolute atomic E-state index is 5.90. The Morgan fingerprint density at radius 2 is 1.96 bits per heavy atom. The van der Waals surface area contributed by atoms with Gasteiger partial charge in [-0.05, 0) is 42.8 Å². The van der Waals surface area contributed by atoms with Gasteiger partial charge in [-0.1, -0.05) is 30.3 Å². The maximum atomic E-state index is 5.90. The molecule has 0 aliphatic rings. The normalized spacial score (nSPS) is 10.2. The minimum atomic E-state index is 0.584. The summed E-state index contributed by atoms with van der Waals surface area (Å²) in [5, 5.41) is 1.17. The van der Waals surface area contributed by atoms with Crippen LogP contribution in [0.1, 0.15) is 18.2 Å². The van der Waals surface area contributed by atoms with E-state index in [-0.39, 0.29) is 0 Å². The topological polar surface area (TPSA) is 28.3 Å². The molecule has 0 saturated heterocycles. The van der Waals surface area contributed by atoms with Crippen LogP contribution in [0.15, 0.2) is 72.6 Å². The van der Waals surface area contributed by atoms with Gasteiger partial charge in [-0.3, -0.25) is 0 Å². The molecule has 3 aromatic rings. The fourth-order valence-electron chi connectivity index (χ4n) is 2.60. The lowest BCUT2D eigenvalue weighted by Gasteiger charge is -2.10. The number of hydrogen-bond donors (Lipinski definition) is 1. The van der Waals surface area contributed by atoms with Crippen LogP contribution < -0.4 is 4.74 Å². The Bertz CT molecular complexity index is 858. The first-order chi connectivity index (χ1) is 11.7. The summed E-state index contributed by atoms with van der Waals surface area (Å²) in [6, 6.07) is 18.5. The number of aromatic amines is 1. The van der Waals surface area contributed by atoms with Gasteiger partial charge in [-0.15, -0.1) is 5.73 Å². The van der Waals surface area contributed by atoms with Crippen molar-refractivity contribution in [3.8, 4) is 5.75 Å². The van der Waals surface area contributed by atoms with E-state index < -0.39 is 0 Å². The van der Waals surface area contributed by atoms with Gasteiger partial charge in [0.1, 0.15) is 12.4 Å². The predicted octanol–water partition coefficient (Wildman–Crippen LogP) is 4.87. The molecule has 0 fully saturated rings. The van der Waals surface area contributed by atoms with Crippen molar-refractivity contribution < 1.29 is 4.74 Å². The Labute approximate surface area is 142 Å². The summed E-state index contributed by atoms with van der Waals surface area (Å²) in [5.41, 5.74) is 6.55. The highest BCUT2D eigenvalue weighted by atomic mass is 16.5. The van der Waals surface area contributed by atoms with Crippen LogP contribution in [-0.4, -0.2) is 16.9 Å². The smallest absolute Gasteiger partial charge is 0.120 e. The molecule has 1 aromatic heterocycles. The first-order valence-corrected chi connectivity index (χ1v) is 8.10. The van der Waals surface area contributed by atoms with Gasteiger partial charge in [0, 0.05) is 29.8 Å². The fraction of sp³-hybridized carbons (Fsp3) is 0.190. The van der Waals surface area contributed by atoms with Crippen molar-refractivity contribution in [2.24, 2.45) is 0 Å². The maximum Gasteiger partial charge on any atom is 0.120 e. The highest BCUT2D eigenvalue weighted by Crippen LogP contribution is 2.23. The van der Waals surface area contributed by atoms with Crippen molar-refractivity contribution in [1.29, 1.82) is 0 Å². The number of nitrogens with zero attached hydrogens (tertiary/aromatic N) is 1. The zero-order valence-electron chi connectivity index (χ0n) is 14.1. The first-order valence-electron chi connectivity index (χ1n) is 8.10. The van der Waals surface area contributed by atoms with E-state index >= 15 is 0 Å². The first kappa shape index (κ1) is 16.0. The van der Waals surface area contributed by atoms with Gasteiger partial charge in [0.25, 0.3) is 0 Å². The van der Waals surface area contributed by atoms with Crippen LogP contribution in [0.3, 0.4) is 0 Å². The van der Waals surface area contributed by atoms with E-state index in [1.165, 1.54) is 16.6 Å². The Balaban J connectivity index is 1.70. The molecule has 0 radical (unpaired) electrons. The Kier molecular flexibility index (Phi) is 5.05. The summed E-state index contributed by atoms with van der Waals surface area (Å²) < 4.78 is 5.90. The fourth-order valence-corrected chi connectivity index (χ4v) is 2.60. The molecule has 3 heteroatoms. The molecule has 122 valence electrons. The summed E-state index contributed by atoms with van der Waals surface area (Å²) in [5.74, 6) is 0.888. The summed E-state index contributed by atoms with van der Waals surface area (Å²) in [7, 11) is 2.04. The third-order valence-corrected chi connectivity index (χ3v) is 3.78. The number of aromatic nitrogens is 1. The SMILES string of the molecule is CC=C=CN(C)Cc1cc2cc(OCc3ccccc3)ccc2[nH]1. The number of benzene rings is 2. The van der Waals surface area contributed by atoms with E-state index in [0.717, 1.165) is 17.8 Å². The molecule has 0 unspecified atom stereocenters. The molecular weight excluding hydrogens is 296 g/mol. The number of fused-ring (bicyclic) bond motifs is 1. The third-order valence-electron chi connectivity index (χ3n) is 3.78. The molecule has 0 spiro atoms. The molecule has 3 nitrogen and oxygen atoms in total. The second-order valence-corrected chi connectivity index (χ2v) is 5.82. The molecular formula is C21H22N2O. The second kappa shape index (κ2) is 7.58. The second-order valence-electron chi connectivity index (χ2n) is 5.82. The van der Waals surface area contributed by atoms with Crippen molar-refractivity contribution in [2.45, 2.75) is 20.1 Å². The molecule has 0 atom stereocenters. The van der Waals surface area contributed by atoms with Crippen molar-refractivity contribution in [3.05, 3.63) is 83.9 Å². The number of allylic oxidation sites excluding steroid dienone is 1. The highest BCUT2D eigenvalue weighted by molar-refractivity contribution is 5.81. The highest BCUT2D eigenvalue weighted by Gasteiger charge is 2.04. The van der Waals surface area contributed by atoms with Gasteiger partial charge in [0.15, 0.2) is 0 Å². The van der Waals surface area contributed by atoms with Crippen molar-refractivity contribution in [1.82, 2.24) is 9.88 Å². The van der Waals surface area contributed by atoms with E-state index in [1.54, 1.807) is 0 Å². The average molecular weight is 318 g/mol. The standard InChI is InChI=1S/C21H22N2O/c1-3-4-12-23(2)15-19-13-18-14-20(10-11-21(18)22-19)24-16-17-8-6-5-7-9-17/h3,5-14,22H,15-16H2,1-2H3. The molecule has 24 heavy (non-hydrogen) atoms. The van der Waals surface area contributed by atoms with Crippen LogP contribution >= 0.6 is 0 Å². The van der Waals surface area contributed by atoms with Crippen LogP contribution in [0.4, 0.5) is 0 Å². The molecule has 0 aliphatic heterocycles. The molecule has 1 N–H and O–H groups in total. The van der Waals surface area contributed by atoms with Crippen LogP contribution in [0.5, 0.6) is 5.75 Å². The Morgan fingerprint density at radius 1 is 1.12 bits per heavy atom. The molecule has 0 amide bonds. The number of ether oxygens (including phenoxy) is 1. The summed E-state index contributed by atoms with van der Waals surface area (Å²) in [4.78, 5) is 5.54. The van der Waals surface area contributed by atoms with Crippen LogP contribution in [0, 0.1) is 0 Å². The van der Waals surface area contributed by atoms with Crippen molar-refractivity contribution in [3.63, 3.8) is 0 Å². The number of H-pyrrole nitrogens is 1. The Morgan fingerprint density at radius 3 is 2.75 bits per heavy atom. The summed E-state index contributed by atoms with van der Waals surface area (Å²) in [6.45, 7) is 3.36. The van der Waals surface area contributed by atoms with Crippen LogP contribution in [-0.2, 0) is 13.2 Å². The largest absolute Gasteiger partial charge is 0.489 e. The van der Waals surface area contributed by atoms with Gasteiger partial charge in [-0.2, -0.15) is 0 Å². The Hall–Kier alpha value is -2.90. The zero-order chi connectivity index (χ0) is 16.8. The molecule has 0 saturated carbocycles. The monoisotopic (exact) mass is 318 g/mol. The third kappa shape index (κ3) is 4.09. The number of nitrogens with one attached hydrogen (secondary N) is 1. The lowest BCUT2D eigenvalue weighted by molar-refractivity contribution is 0.306. The molecule has 2 aromatic carbocycles. The number of rotatable bonds is 6. The lowest BCUT2D eigenvalue weighted by atomic mass is 10.2. The molecule has 0 bridgehead atoms. The van der Waals surface area contributed by atoms with Gasteiger partial charge in [0.2, 0.25) is 0 Å². The van der Waals surface area contributed by atoms with Crippen LogP contribution in [0.25, 0.3) is 10.9 Å². The molecule has 0 aliphatic carbocycles. The van der Waals surface area contributed by atoms with Crippen LogP contribution in [0.2, 0.25) is 0 Å². The minimum Gasteiger partial charge on any atom is -0.489 e. The van der Waals surface area contributed by atoms with E-state index in [0.29, 0.717) is 6.61 Å². The van der Waals surface area contributed by atoms with Gasteiger partial charge in [0.05, 0.1) is 6.54 Å². The number of hydrogen-bond acceptors (Lipinski definition) is 2. The summed E-state index contributed by atoms with van der Waals surface area (Å²) >= 11 is 0. The summed E-state index contributed by atoms with van der Waals surface area (Å²) in [6.07, 6.45) is 3.85. The molecule has 3 rings (SSSR count). The average Bonchev–Trinajstić information content (AvgIpc) is 3.00. The quantitative estimate of drug-likeness (QED) is 0.657. The predicted molar refractivity (Wildman–Crippen MR) is 98.9 cm³/mol. The minimum absolute atomic E-state index is 0.584. The van der Waals surface area contributed by atoms with E-state index in [2.05, 4.69) is 45.9 Å². The molecule has 1 heterocycles. The zero-order valence-corrected chi connectivity index (χ0v) is 14.1. The van der Waals surface area contributed by atoms with Gasteiger partial charge < -0.3 is 14.6 Å². The van der Waals surface area contributed by atoms with Gasteiger partial charge >= 0.3 is 0 Å². The van der Waals surface area contributed by atoms with Gasteiger partial charge in [-0.25, -0.2) is 0 Å². The lowest BCUT2D eigenvalue weighted by Crippen LogP contribution is -2.09. The van der Waals surface area contributed by atoms with E-state index in [4.69, 9.17) is 4.74 Å². The van der Waals surface area contributed by atoms with Crippen molar-refractivity contribution in [2.75, 3.05) is 7.05 Å². The van der Waals surface area contributed by atoms with E-state index in [1.807, 2.05) is 50.5 Å². The van der Waals surface area contributed by atoms with E-state index in [9.17, 15) is 0 Å². The van der Waals surface area contributed by atoms with Crippen molar-refractivity contribution >= 4 is 10.9 Å².